The summed E-state index contributed by atoms with van der Waals surface area (Å²) < 4.78 is 15.0. The van der Waals surface area contributed by atoms with Crippen LogP contribution in [0, 0.1) is 0 Å². The van der Waals surface area contributed by atoms with Gasteiger partial charge >= 0.3 is 6.09 Å². The number of aromatic nitrogens is 1. The summed E-state index contributed by atoms with van der Waals surface area (Å²) in [6.07, 6.45) is 1.58. The van der Waals surface area contributed by atoms with Gasteiger partial charge in [0.15, 0.2) is 5.13 Å². The Morgan fingerprint density at radius 2 is 2.32 bits per heavy atom. The Morgan fingerprint density at radius 1 is 1.45 bits per heavy atom. The van der Waals surface area contributed by atoms with E-state index in [1.807, 2.05) is 0 Å². The highest BCUT2D eigenvalue weighted by Crippen LogP contribution is 2.28. The normalized spacial score (nSPS) is 16.8. The van der Waals surface area contributed by atoms with Gasteiger partial charge in [0.1, 0.15) is 19.5 Å². The molecule has 0 radical (unpaired) electrons. The number of nitrogens with one attached hydrogen (secondary N) is 1. The van der Waals surface area contributed by atoms with Crippen LogP contribution in [0.2, 0.25) is 0 Å². The number of hydrogen-bond donors (Lipinski definition) is 1. The van der Waals surface area contributed by atoms with Gasteiger partial charge in [0.2, 0.25) is 5.76 Å². The lowest BCUT2D eigenvalue weighted by atomic mass is 10.2. The summed E-state index contributed by atoms with van der Waals surface area (Å²) in [5, 5.41) is 3.17. The summed E-state index contributed by atoms with van der Waals surface area (Å²) >= 11 is 1.34. The molecule has 1 aromatic rings. The van der Waals surface area contributed by atoms with Gasteiger partial charge in [-0.15, -0.1) is 0 Å². The van der Waals surface area contributed by atoms with Crippen molar-refractivity contribution in [2.45, 2.75) is 13.0 Å². The molecule has 8 nitrogen and oxygen atoms in total. The van der Waals surface area contributed by atoms with Crippen LogP contribution in [-0.4, -0.2) is 48.8 Å². The lowest BCUT2D eigenvalue weighted by Gasteiger charge is -2.24. The molecule has 3 rings (SSSR count). The summed E-state index contributed by atoms with van der Waals surface area (Å²) in [5.41, 5.74) is 0.898. The minimum atomic E-state index is -0.393. The highest BCUT2D eigenvalue weighted by atomic mass is 32.1. The molecule has 9 heteroatoms. The zero-order valence-electron chi connectivity index (χ0n) is 12.0. The molecule has 118 valence electrons. The van der Waals surface area contributed by atoms with Crippen molar-refractivity contribution in [3.8, 4) is 0 Å². The first kappa shape index (κ1) is 14.6. The van der Waals surface area contributed by atoms with Crippen LogP contribution < -0.4 is 5.32 Å². The lowest BCUT2D eigenvalue weighted by molar-refractivity contribution is -0.117. The van der Waals surface area contributed by atoms with Crippen molar-refractivity contribution in [2.24, 2.45) is 0 Å². The first-order valence-electron chi connectivity index (χ1n) is 6.75. The van der Waals surface area contributed by atoms with Crippen molar-refractivity contribution < 1.29 is 23.8 Å². The SMILES string of the molecule is COC(=O)N1CCc2nc(NC(=O)C3=COCCO3)sc2C1. The van der Waals surface area contributed by atoms with Crippen molar-refractivity contribution in [1.82, 2.24) is 9.88 Å². The highest BCUT2D eigenvalue weighted by molar-refractivity contribution is 7.15. The van der Waals surface area contributed by atoms with Crippen LogP contribution in [0.15, 0.2) is 12.0 Å². The molecule has 0 atom stereocenters. The number of methoxy groups -OCH3 is 1. The number of rotatable bonds is 2. The number of anilines is 1. The van der Waals surface area contributed by atoms with E-state index in [1.54, 1.807) is 4.90 Å². The van der Waals surface area contributed by atoms with E-state index in [4.69, 9.17) is 14.2 Å². The van der Waals surface area contributed by atoms with Crippen LogP contribution in [0.5, 0.6) is 0 Å². The Labute approximate surface area is 130 Å². The Hall–Kier alpha value is -2.29. The lowest BCUT2D eigenvalue weighted by Crippen LogP contribution is -2.35. The fraction of sp³-hybridized carbons (Fsp3) is 0.462. The molecule has 0 unspecified atom stereocenters. The third-order valence-corrected chi connectivity index (χ3v) is 4.26. The topological polar surface area (TPSA) is 90.0 Å². The van der Waals surface area contributed by atoms with Crippen molar-refractivity contribution in [3.05, 3.63) is 22.6 Å². The van der Waals surface area contributed by atoms with Crippen LogP contribution >= 0.6 is 11.3 Å². The third-order valence-electron chi connectivity index (χ3n) is 3.26. The third kappa shape index (κ3) is 2.98. The number of carbonyl (C=O) groups excluding carboxylic acids is 2. The molecule has 0 spiro atoms. The molecular formula is C13H15N3O5S. The van der Waals surface area contributed by atoms with Crippen LogP contribution in [0.3, 0.4) is 0 Å². The summed E-state index contributed by atoms with van der Waals surface area (Å²) in [6, 6.07) is 0. The predicted octanol–water partition coefficient (Wildman–Crippen LogP) is 1.09. The molecule has 0 saturated heterocycles. The van der Waals surface area contributed by atoms with Crippen molar-refractivity contribution in [2.75, 3.05) is 32.2 Å². The molecule has 0 bridgehead atoms. The first-order valence-corrected chi connectivity index (χ1v) is 7.56. The second-order valence-corrected chi connectivity index (χ2v) is 5.77. The molecule has 0 aromatic carbocycles. The molecule has 2 aliphatic rings. The first-order chi connectivity index (χ1) is 10.7. The summed E-state index contributed by atoms with van der Waals surface area (Å²) in [7, 11) is 1.36. The van der Waals surface area contributed by atoms with Gasteiger partial charge in [-0.2, -0.15) is 0 Å². The second kappa shape index (κ2) is 6.22. The van der Waals surface area contributed by atoms with Gasteiger partial charge in [-0.25, -0.2) is 9.78 Å². The molecular weight excluding hydrogens is 310 g/mol. The van der Waals surface area contributed by atoms with Gasteiger partial charge in [0.05, 0.1) is 19.3 Å². The fourth-order valence-electron chi connectivity index (χ4n) is 2.18. The Balaban J connectivity index is 1.67. The van der Waals surface area contributed by atoms with E-state index in [0.717, 1.165) is 10.6 Å². The van der Waals surface area contributed by atoms with E-state index in [-0.39, 0.29) is 11.9 Å². The van der Waals surface area contributed by atoms with E-state index >= 15 is 0 Å². The van der Waals surface area contributed by atoms with Gasteiger partial charge in [-0.05, 0) is 0 Å². The van der Waals surface area contributed by atoms with E-state index in [1.165, 1.54) is 24.7 Å². The maximum atomic E-state index is 12.0. The summed E-state index contributed by atoms with van der Waals surface area (Å²) in [5.74, 6) is -0.258. The second-order valence-electron chi connectivity index (χ2n) is 4.69. The number of hydrogen-bond acceptors (Lipinski definition) is 7. The number of fused-ring (bicyclic) bond motifs is 1. The molecule has 2 aliphatic heterocycles. The molecule has 3 heterocycles. The molecule has 1 aromatic heterocycles. The average molecular weight is 325 g/mol. The zero-order chi connectivity index (χ0) is 15.5. The zero-order valence-corrected chi connectivity index (χ0v) is 12.8. The predicted molar refractivity (Wildman–Crippen MR) is 77.2 cm³/mol. The average Bonchev–Trinajstić information content (AvgIpc) is 2.96. The van der Waals surface area contributed by atoms with Crippen LogP contribution in [0.4, 0.5) is 9.93 Å². The molecule has 0 aliphatic carbocycles. The molecule has 22 heavy (non-hydrogen) atoms. The molecule has 2 amide bonds. The van der Waals surface area contributed by atoms with Gasteiger partial charge in [-0.1, -0.05) is 11.3 Å². The number of ether oxygens (including phenoxy) is 3. The van der Waals surface area contributed by atoms with Crippen molar-refractivity contribution >= 4 is 28.5 Å². The Morgan fingerprint density at radius 3 is 3.05 bits per heavy atom. The minimum Gasteiger partial charge on any atom is -0.494 e. The Kier molecular flexibility index (Phi) is 4.14. The highest BCUT2D eigenvalue weighted by Gasteiger charge is 2.25. The summed E-state index contributed by atoms with van der Waals surface area (Å²) in [6.45, 7) is 1.78. The van der Waals surface area contributed by atoms with E-state index < -0.39 is 5.91 Å². The van der Waals surface area contributed by atoms with Crippen LogP contribution in [0.25, 0.3) is 0 Å². The maximum absolute atomic E-state index is 12.0. The van der Waals surface area contributed by atoms with Crippen molar-refractivity contribution in [1.29, 1.82) is 0 Å². The van der Waals surface area contributed by atoms with E-state index in [0.29, 0.717) is 37.9 Å². The number of nitrogens with zero attached hydrogens (tertiary/aromatic N) is 2. The number of amides is 2. The number of thiazole rings is 1. The minimum absolute atomic E-state index is 0.135. The largest absolute Gasteiger partial charge is 0.494 e. The Bertz CT molecular complexity index is 627. The standard InChI is InChI=1S/C13H15N3O5S/c1-19-13(18)16-3-2-8-10(6-16)22-12(14-8)15-11(17)9-7-20-4-5-21-9/h7H,2-6H2,1H3,(H,14,15,17). The molecule has 1 N–H and O–H groups in total. The maximum Gasteiger partial charge on any atom is 0.409 e. The van der Waals surface area contributed by atoms with Crippen molar-refractivity contribution in [3.63, 3.8) is 0 Å². The van der Waals surface area contributed by atoms with Gasteiger partial charge in [-0.3, -0.25) is 10.1 Å². The van der Waals surface area contributed by atoms with Crippen LogP contribution in [0.1, 0.15) is 10.6 Å². The number of carbonyl (C=O) groups is 2. The van der Waals surface area contributed by atoms with E-state index in [2.05, 4.69) is 10.3 Å². The smallest absolute Gasteiger partial charge is 0.409 e. The van der Waals surface area contributed by atoms with Crippen LogP contribution in [-0.2, 0) is 32.0 Å². The monoisotopic (exact) mass is 325 g/mol. The molecule has 0 saturated carbocycles. The van der Waals surface area contributed by atoms with Gasteiger partial charge < -0.3 is 19.1 Å². The van der Waals surface area contributed by atoms with E-state index in [9.17, 15) is 9.59 Å². The molecule has 0 fully saturated rings. The van der Waals surface area contributed by atoms with Gasteiger partial charge in [0.25, 0.3) is 5.91 Å². The quantitative estimate of drug-likeness (QED) is 0.875. The fourth-order valence-corrected chi connectivity index (χ4v) is 3.20. The summed E-state index contributed by atoms with van der Waals surface area (Å²) in [4.78, 5) is 30.5. The van der Waals surface area contributed by atoms with Gasteiger partial charge in [0, 0.05) is 17.8 Å².